The molecule has 1 N–H and O–H groups in total. The van der Waals surface area contributed by atoms with Gasteiger partial charge >= 0.3 is 0 Å². The van der Waals surface area contributed by atoms with Crippen LogP contribution in [-0.2, 0) is 10.2 Å². The minimum absolute atomic E-state index is 0.0532. The maximum Gasteiger partial charge on any atom is 0.274 e. The first-order chi connectivity index (χ1) is 16.9. The van der Waals surface area contributed by atoms with Crippen LogP contribution in [0, 0.1) is 0 Å². The Balaban J connectivity index is 1.25. The summed E-state index contributed by atoms with van der Waals surface area (Å²) in [5.74, 6) is 0.171. The van der Waals surface area contributed by atoms with E-state index in [0.29, 0.717) is 17.9 Å². The summed E-state index contributed by atoms with van der Waals surface area (Å²) >= 11 is 0. The van der Waals surface area contributed by atoms with Gasteiger partial charge in [-0.25, -0.2) is 4.98 Å². The van der Waals surface area contributed by atoms with Gasteiger partial charge in [-0.05, 0) is 70.4 Å². The lowest BCUT2D eigenvalue weighted by Gasteiger charge is -2.27. The van der Waals surface area contributed by atoms with Gasteiger partial charge in [0, 0.05) is 36.1 Å². The highest BCUT2D eigenvalue weighted by Gasteiger charge is 2.55. The van der Waals surface area contributed by atoms with Crippen LogP contribution in [0.3, 0.4) is 0 Å². The quantitative estimate of drug-likeness (QED) is 0.578. The molecule has 4 fully saturated rings. The average Bonchev–Trinajstić information content (AvgIpc) is 3.34. The molecule has 1 amide bonds. The summed E-state index contributed by atoms with van der Waals surface area (Å²) in [5.41, 5.74) is 2.19. The molecule has 7 rings (SSSR count). The highest BCUT2D eigenvalue weighted by atomic mass is 16.5. The van der Waals surface area contributed by atoms with Gasteiger partial charge in [-0.2, -0.15) is 0 Å². The molecule has 4 heterocycles. The molecule has 3 aromatic rings. The van der Waals surface area contributed by atoms with E-state index in [4.69, 9.17) is 14.5 Å². The molecular formula is C27H30N4O4. The van der Waals surface area contributed by atoms with E-state index in [1.165, 1.54) is 0 Å². The van der Waals surface area contributed by atoms with E-state index in [0.717, 1.165) is 62.7 Å². The highest BCUT2D eigenvalue weighted by Crippen LogP contribution is 2.53. The molecule has 8 heteroatoms. The summed E-state index contributed by atoms with van der Waals surface area (Å²) in [7, 11) is 0. The second kappa shape index (κ2) is 7.43. The van der Waals surface area contributed by atoms with Crippen molar-refractivity contribution in [2.24, 2.45) is 0 Å². The minimum Gasteiger partial charge on any atom is -0.489 e. The molecule has 0 aromatic carbocycles. The number of rotatable bonds is 6. The number of carbonyl (C=O) groups is 1. The van der Waals surface area contributed by atoms with E-state index in [9.17, 15) is 9.59 Å². The Morgan fingerprint density at radius 3 is 2.74 bits per heavy atom. The molecule has 182 valence electrons. The van der Waals surface area contributed by atoms with E-state index in [2.05, 4.69) is 12.2 Å². The van der Waals surface area contributed by atoms with Crippen LogP contribution in [0.15, 0.2) is 41.6 Å². The fourth-order valence-corrected chi connectivity index (χ4v) is 5.89. The molecule has 3 aromatic heterocycles. The number of nitrogens with one attached hydrogen (secondary N) is 1. The zero-order valence-electron chi connectivity index (χ0n) is 20.0. The predicted octanol–water partition coefficient (Wildman–Crippen LogP) is 4.23. The van der Waals surface area contributed by atoms with Gasteiger partial charge in [-0.1, -0.05) is 0 Å². The lowest BCUT2D eigenvalue weighted by Crippen LogP contribution is -2.27. The number of nitrogens with zero attached hydrogens (tertiary/aromatic N) is 3. The molecule has 0 radical (unpaired) electrons. The van der Waals surface area contributed by atoms with Gasteiger partial charge in [0.15, 0.2) is 0 Å². The van der Waals surface area contributed by atoms with Crippen molar-refractivity contribution in [3.8, 4) is 5.75 Å². The molecule has 0 unspecified atom stereocenters. The van der Waals surface area contributed by atoms with Crippen molar-refractivity contribution in [2.45, 2.75) is 81.5 Å². The Hall–Kier alpha value is -3.13. The van der Waals surface area contributed by atoms with Gasteiger partial charge in [0.2, 0.25) is 0 Å². The first-order valence-electron chi connectivity index (χ1n) is 12.8. The van der Waals surface area contributed by atoms with Crippen LogP contribution < -0.4 is 15.6 Å². The number of carbonyl (C=O) groups excluding carboxylic acids is 1. The molecule has 0 spiro atoms. The first-order valence-corrected chi connectivity index (χ1v) is 12.8. The Labute approximate surface area is 203 Å². The Morgan fingerprint density at radius 1 is 1.23 bits per heavy atom. The van der Waals surface area contributed by atoms with Gasteiger partial charge in [0.25, 0.3) is 11.5 Å². The first kappa shape index (κ1) is 21.2. The van der Waals surface area contributed by atoms with Gasteiger partial charge in [-0.15, -0.1) is 0 Å². The fourth-order valence-electron chi connectivity index (χ4n) is 5.89. The molecule has 8 nitrogen and oxygen atoms in total. The number of anilines is 1. The maximum atomic E-state index is 13.5. The van der Waals surface area contributed by atoms with Crippen LogP contribution in [-0.4, -0.2) is 38.2 Å². The molecule has 3 saturated carbocycles. The Morgan fingerprint density at radius 2 is 2.09 bits per heavy atom. The zero-order valence-corrected chi connectivity index (χ0v) is 20.0. The van der Waals surface area contributed by atoms with Gasteiger partial charge in [0.05, 0.1) is 29.6 Å². The summed E-state index contributed by atoms with van der Waals surface area (Å²) in [4.78, 5) is 31.3. The van der Waals surface area contributed by atoms with Crippen LogP contribution in [0.1, 0.15) is 80.4 Å². The number of amides is 1. The highest BCUT2D eigenvalue weighted by molar-refractivity contribution is 6.06. The third-order valence-electron chi connectivity index (χ3n) is 8.39. The smallest absolute Gasteiger partial charge is 0.274 e. The van der Waals surface area contributed by atoms with Crippen molar-refractivity contribution in [3.05, 3.63) is 58.4 Å². The third kappa shape index (κ3) is 3.49. The SMILES string of the molecule is C[C@@]12CC[C@@](c3cn4cc(C(=O)Nc5cccn(C6CC6)c5=O)c(OC5CCC5)cc4n3)(CO1)C2. The number of fused-ring (bicyclic) bond motifs is 3. The monoisotopic (exact) mass is 474 g/mol. The second-order valence-corrected chi connectivity index (χ2v) is 11.1. The number of hydrogen-bond acceptors (Lipinski definition) is 5. The topological polar surface area (TPSA) is 86.9 Å². The number of ether oxygens (including phenoxy) is 2. The number of aromatic nitrogens is 3. The summed E-state index contributed by atoms with van der Waals surface area (Å²) < 4.78 is 16.0. The van der Waals surface area contributed by atoms with Gasteiger partial charge in [-0.3, -0.25) is 9.59 Å². The van der Waals surface area contributed by atoms with E-state index in [1.54, 1.807) is 23.0 Å². The van der Waals surface area contributed by atoms with Gasteiger partial charge in [0.1, 0.15) is 17.1 Å². The van der Waals surface area contributed by atoms with E-state index in [1.807, 2.05) is 22.7 Å². The van der Waals surface area contributed by atoms with Crippen LogP contribution >= 0.6 is 0 Å². The number of imidazole rings is 1. The third-order valence-corrected chi connectivity index (χ3v) is 8.39. The normalized spacial score (nSPS) is 27.8. The van der Waals surface area contributed by atoms with Gasteiger partial charge < -0.3 is 23.8 Å². The van der Waals surface area contributed by atoms with Crippen LogP contribution in [0.25, 0.3) is 5.65 Å². The van der Waals surface area contributed by atoms with Crippen molar-refractivity contribution < 1.29 is 14.3 Å². The van der Waals surface area contributed by atoms with Crippen molar-refractivity contribution in [1.29, 1.82) is 0 Å². The van der Waals surface area contributed by atoms with Crippen molar-refractivity contribution >= 4 is 17.2 Å². The summed E-state index contributed by atoms with van der Waals surface area (Å²) in [6.07, 6.45) is 13.9. The molecule has 2 atom stereocenters. The van der Waals surface area contributed by atoms with Crippen LogP contribution in [0.4, 0.5) is 5.69 Å². The fraction of sp³-hybridized carbons (Fsp3) is 0.519. The minimum atomic E-state index is -0.349. The Kier molecular flexibility index (Phi) is 4.50. The molecule has 2 bridgehead atoms. The Bertz CT molecular complexity index is 1390. The predicted molar refractivity (Wildman–Crippen MR) is 130 cm³/mol. The van der Waals surface area contributed by atoms with E-state index in [-0.39, 0.29) is 40.3 Å². The lowest BCUT2D eigenvalue weighted by molar-refractivity contribution is -0.00627. The van der Waals surface area contributed by atoms with Crippen molar-refractivity contribution in [1.82, 2.24) is 14.0 Å². The molecule has 1 saturated heterocycles. The number of hydrogen-bond donors (Lipinski definition) is 1. The molecule has 3 aliphatic carbocycles. The molecule has 35 heavy (non-hydrogen) atoms. The van der Waals surface area contributed by atoms with Crippen molar-refractivity contribution in [2.75, 3.05) is 11.9 Å². The summed E-state index contributed by atoms with van der Waals surface area (Å²) in [6.45, 7) is 2.87. The molecular weight excluding hydrogens is 444 g/mol. The summed E-state index contributed by atoms with van der Waals surface area (Å²) in [6, 6.07) is 5.58. The van der Waals surface area contributed by atoms with E-state index < -0.39 is 0 Å². The largest absolute Gasteiger partial charge is 0.489 e. The molecule has 4 aliphatic rings. The number of pyridine rings is 2. The van der Waals surface area contributed by atoms with Crippen molar-refractivity contribution in [3.63, 3.8) is 0 Å². The average molecular weight is 475 g/mol. The zero-order chi connectivity index (χ0) is 23.8. The standard InChI is InChI=1S/C27H30N4O4/c1-26-9-10-27(15-26,16-34-26)22-14-30-13-19(21(12-23(30)29-22)35-18-4-2-5-18)24(32)28-20-6-3-11-31(25(20)33)17-7-8-17/h3,6,11-14,17-18H,2,4-5,7-10,15-16H2,1H3,(H,28,32)/t26-,27-/m0/s1. The maximum absolute atomic E-state index is 13.5. The second-order valence-electron chi connectivity index (χ2n) is 11.1. The lowest BCUT2D eigenvalue weighted by atomic mass is 9.84. The van der Waals surface area contributed by atoms with E-state index >= 15 is 0 Å². The van der Waals surface area contributed by atoms with Crippen LogP contribution in [0.5, 0.6) is 5.75 Å². The summed E-state index contributed by atoms with van der Waals surface area (Å²) in [5, 5.41) is 2.85. The van der Waals surface area contributed by atoms with Crippen LogP contribution in [0.2, 0.25) is 0 Å². The molecule has 1 aliphatic heterocycles.